The van der Waals surface area contributed by atoms with Crippen LogP contribution in [0.2, 0.25) is 0 Å². The molecule has 0 bridgehead atoms. The van der Waals surface area contributed by atoms with Gasteiger partial charge in [-0.05, 0) is 102 Å². The molecule has 1 aliphatic carbocycles. The van der Waals surface area contributed by atoms with Gasteiger partial charge in [0.1, 0.15) is 28.3 Å². The van der Waals surface area contributed by atoms with Crippen LogP contribution in [0.3, 0.4) is 0 Å². The lowest BCUT2D eigenvalue weighted by Gasteiger charge is -2.26. The predicted molar refractivity (Wildman–Crippen MR) is 198 cm³/mol. The molecule has 15 nitrogen and oxygen atoms in total. The molecule has 1 saturated heterocycles. The highest BCUT2D eigenvalue weighted by molar-refractivity contribution is 6.23. The Bertz CT molecular complexity index is 2180. The fraction of sp³-hybridized carbons (Fsp3) is 0.436. The quantitative estimate of drug-likeness (QED) is 0.240. The number of methoxy groups -OCH3 is 2. The van der Waals surface area contributed by atoms with Crippen molar-refractivity contribution in [1.29, 1.82) is 0 Å². The molecule has 4 heterocycles. The summed E-state index contributed by atoms with van der Waals surface area (Å²) in [4.78, 5) is 61.8. The lowest BCUT2D eigenvalue weighted by atomic mass is 9.91. The number of hydrogen-bond donors (Lipinski definition) is 1. The number of carbonyl (C=O) groups excluding carboxylic acids is 4. The van der Waals surface area contributed by atoms with Crippen LogP contribution in [0.5, 0.6) is 11.6 Å². The minimum atomic E-state index is -1.05. The molecule has 0 unspecified atom stereocenters. The number of rotatable bonds is 6. The van der Waals surface area contributed by atoms with Gasteiger partial charge in [0.15, 0.2) is 5.82 Å². The molecule has 2 aromatic heterocycles. The van der Waals surface area contributed by atoms with E-state index >= 15 is 0 Å². The van der Waals surface area contributed by atoms with Crippen LogP contribution >= 0.6 is 0 Å². The Morgan fingerprint density at radius 2 is 1.59 bits per heavy atom. The molecule has 284 valence electrons. The van der Waals surface area contributed by atoms with Crippen LogP contribution < -0.4 is 19.7 Å². The first-order valence-corrected chi connectivity index (χ1v) is 17.8. The molecule has 2 fully saturated rings. The van der Waals surface area contributed by atoms with E-state index in [0.717, 1.165) is 10.5 Å². The molecule has 54 heavy (non-hydrogen) atoms. The maximum absolute atomic E-state index is 14.3. The number of nitrogens with zero attached hydrogens (tertiary/aromatic N) is 5. The Labute approximate surface area is 312 Å². The fourth-order valence-corrected chi connectivity index (χ4v) is 7.06. The Morgan fingerprint density at radius 1 is 0.889 bits per heavy atom. The summed E-state index contributed by atoms with van der Waals surface area (Å²) >= 11 is 0. The van der Waals surface area contributed by atoms with E-state index in [9.17, 15) is 19.2 Å². The highest BCUT2D eigenvalue weighted by atomic mass is 16.6. The molecule has 7 rings (SSSR count). The number of fused-ring (bicyclic) bond motifs is 3. The van der Waals surface area contributed by atoms with E-state index in [1.165, 1.54) is 11.8 Å². The molecule has 2 aliphatic heterocycles. The number of benzene rings is 2. The average Bonchev–Trinajstić information content (AvgIpc) is 3.71. The summed E-state index contributed by atoms with van der Waals surface area (Å²) < 4.78 is 29.0. The number of anilines is 3. The summed E-state index contributed by atoms with van der Waals surface area (Å²) in [5.41, 5.74) is 0.258. The number of amides is 3. The van der Waals surface area contributed by atoms with Crippen LogP contribution in [0.4, 0.5) is 26.8 Å². The van der Waals surface area contributed by atoms with Crippen molar-refractivity contribution >= 4 is 52.1 Å². The number of hydrogen-bond acceptors (Lipinski definition) is 12. The van der Waals surface area contributed by atoms with Crippen molar-refractivity contribution in [3.63, 3.8) is 0 Å². The highest BCUT2D eigenvalue weighted by Crippen LogP contribution is 2.67. The van der Waals surface area contributed by atoms with Gasteiger partial charge in [0, 0.05) is 24.4 Å². The summed E-state index contributed by atoms with van der Waals surface area (Å²) in [5.74, 6) is 0.0620. The SMILES string of the molecule is COc1ccc2c(c1)[C@]1(C[C@H]1c1ccc3c(Nc4ccc(C(=O)N5CCOCC5)nc4OC)nn(C(=O)OC(C)(C)C)c3c1)C(=O)N2C(=O)OC(C)(C)C. The topological polar surface area (TPSA) is 164 Å². The number of morpholine rings is 1. The van der Waals surface area contributed by atoms with Gasteiger partial charge in [-0.25, -0.2) is 19.5 Å². The van der Waals surface area contributed by atoms with Gasteiger partial charge >= 0.3 is 12.2 Å². The second-order valence-corrected chi connectivity index (χ2v) is 15.5. The first-order chi connectivity index (χ1) is 25.5. The van der Waals surface area contributed by atoms with E-state index in [2.05, 4.69) is 15.4 Å². The van der Waals surface area contributed by atoms with Gasteiger partial charge in [-0.15, -0.1) is 5.10 Å². The van der Waals surface area contributed by atoms with Crippen LogP contribution in [0.25, 0.3) is 10.9 Å². The zero-order valence-corrected chi connectivity index (χ0v) is 31.6. The number of carbonyl (C=O) groups is 4. The molecule has 2 aromatic carbocycles. The van der Waals surface area contributed by atoms with Gasteiger partial charge in [0.25, 0.3) is 5.91 Å². The molecule has 1 saturated carbocycles. The molecular weight excluding hydrogens is 696 g/mol. The lowest BCUT2D eigenvalue weighted by molar-refractivity contribution is -0.120. The third kappa shape index (κ3) is 6.57. The molecule has 15 heteroatoms. The van der Waals surface area contributed by atoms with Crippen molar-refractivity contribution in [1.82, 2.24) is 19.7 Å². The van der Waals surface area contributed by atoms with Crippen molar-refractivity contribution in [2.24, 2.45) is 0 Å². The van der Waals surface area contributed by atoms with Gasteiger partial charge < -0.3 is 33.9 Å². The second-order valence-electron chi connectivity index (χ2n) is 15.5. The van der Waals surface area contributed by atoms with E-state index in [-0.39, 0.29) is 29.3 Å². The van der Waals surface area contributed by atoms with E-state index in [1.807, 2.05) is 18.2 Å². The van der Waals surface area contributed by atoms with E-state index in [4.69, 9.17) is 23.7 Å². The van der Waals surface area contributed by atoms with Crippen molar-refractivity contribution in [2.75, 3.05) is 50.7 Å². The van der Waals surface area contributed by atoms with Crippen molar-refractivity contribution in [3.8, 4) is 11.6 Å². The summed E-state index contributed by atoms with van der Waals surface area (Å²) in [5, 5.41) is 8.44. The Morgan fingerprint density at radius 3 is 2.26 bits per heavy atom. The maximum atomic E-state index is 14.3. The molecule has 1 N–H and O–H groups in total. The molecule has 4 aromatic rings. The Kier molecular flexibility index (Phi) is 9.03. The lowest BCUT2D eigenvalue weighted by Crippen LogP contribution is -2.41. The van der Waals surface area contributed by atoms with E-state index < -0.39 is 28.8 Å². The monoisotopic (exact) mass is 740 g/mol. The fourth-order valence-electron chi connectivity index (χ4n) is 7.06. The van der Waals surface area contributed by atoms with Crippen LogP contribution in [0, 0.1) is 0 Å². The number of ether oxygens (including phenoxy) is 5. The molecule has 3 amide bonds. The van der Waals surface area contributed by atoms with Crippen LogP contribution in [0.15, 0.2) is 48.5 Å². The second kappa shape index (κ2) is 13.3. The van der Waals surface area contributed by atoms with Gasteiger partial charge in [-0.1, -0.05) is 6.07 Å². The summed E-state index contributed by atoms with van der Waals surface area (Å²) in [6.07, 6.45) is -1.04. The molecule has 2 atom stereocenters. The van der Waals surface area contributed by atoms with Crippen LogP contribution in [-0.4, -0.2) is 95.4 Å². The smallest absolute Gasteiger partial charge is 0.435 e. The zero-order valence-electron chi connectivity index (χ0n) is 31.6. The summed E-state index contributed by atoms with van der Waals surface area (Å²) in [7, 11) is 3.00. The minimum Gasteiger partial charge on any atom is -0.497 e. The molecular formula is C39H44N6O9. The minimum absolute atomic E-state index is 0.161. The summed E-state index contributed by atoms with van der Waals surface area (Å²) in [6, 6.07) is 14.0. The average molecular weight is 741 g/mol. The van der Waals surface area contributed by atoms with Crippen molar-refractivity contribution < 1.29 is 42.9 Å². The normalized spacial score (nSPS) is 19.5. The maximum Gasteiger partial charge on any atom is 0.435 e. The third-order valence-corrected chi connectivity index (χ3v) is 9.54. The van der Waals surface area contributed by atoms with Gasteiger partial charge in [0.05, 0.1) is 44.1 Å². The third-order valence-electron chi connectivity index (χ3n) is 9.54. The van der Waals surface area contributed by atoms with E-state index in [0.29, 0.717) is 72.1 Å². The van der Waals surface area contributed by atoms with Gasteiger partial charge in [-0.3, -0.25) is 9.59 Å². The molecule has 0 radical (unpaired) electrons. The number of aromatic nitrogens is 3. The molecule has 1 spiro atoms. The van der Waals surface area contributed by atoms with Crippen LogP contribution in [0.1, 0.15) is 75.5 Å². The van der Waals surface area contributed by atoms with Gasteiger partial charge in [-0.2, -0.15) is 4.68 Å². The first-order valence-electron chi connectivity index (χ1n) is 17.8. The first kappa shape index (κ1) is 36.6. The van der Waals surface area contributed by atoms with Crippen LogP contribution in [-0.2, 0) is 24.4 Å². The number of pyridine rings is 1. The Balaban J connectivity index is 1.26. The van der Waals surface area contributed by atoms with E-state index in [1.54, 1.807) is 83.9 Å². The highest BCUT2D eigenvalue weighted by Gasteiger charge is 2.68. The van der Waals surface area contributed by atoms with Crippen molar-refractivity contribution in [3.05, 3.63) is 65.4 Å². The number of nitrogens with one attached hydrogen (secondary N) is 1. The number of imide groups is 1. The zero-order chi connectivity index (χ0) is 38.7. The largest absolute Gasteiger partial charge is 0.497 e. The van der Waals surface area contributed by atoms with Crippen molar-refractivity contribution in [2.45, 2.75) is 70.5 Å². The van der Waals surface area contributed by atoms with Gasteiger partial charge in [0.2, 0.25) is 11.8 Å². The predicted octanol–water partition coefficient (Wildman–Crippen LogP) is 6.15. The summed E-state index contributed by atoms with van der Waals surface area (Å²) in [6.45, 7) is 12.4. The standard InChI is InChI=1S/C39H44N6O9/c1-37(2,3)53-35(48)44-29-14-10-23(50-7)20-25(29)39(34(44)47)21-26(39)22-9-11-24-30(19-22)45(36(49)54-38(4,5)6)42-31(24)40-27-12-13-28(41-32(27)51-8)33(46)43-15-17-52-18-16-43/h9-14,19-20,26H,15-18,21H2,1-8H3,(H,40,42)/t26-,39-/m0/s1. The molecule has 3 aliphatic rings. The Hall–Kier alpha value is -5.70.